The fourth-order valence-electron chi connectivity index (χ4n) is 1.71. The average molecular weight is 230 g/mol. The smallest absolute Gasteiger partial charge is 0.246 e. The molecule has 0 aromatic carbocycles. The van der Waals surface area contributed by atoms with Gasteiger partial charge in [-0.05, 0) is 18.6 Å². The number of hydrogen-bond acceptors (Lipinski definition) is 5. The summed E-state index contributed by atoms with van der Waals surface area (Å²) >= 11 is 0. The SMILES string of the molecule is Cc1ccnc(N2CC(=O)NC(=O)C2)c1C#N. The van der Waals surface area contributed by atoms with E-state index < -0.39 is 0 Å². The van der Waals surface area contributed by atoms with Crippen LogP contribution in [0.5, 0.6) is 0 Å². The predicted octanol–water partition coefficient (Wildman–Crippen LogP) is -0.276. The van der Waals surface area contributed by atoms with E-state index >= 15 is 0 Å². The lowest BCUT2D eigenvalue weighted by atomic mass is 10.1. The molecule has 2 amide bonds. The van der Waals surface area contributed by atoms with Crippen LogP contribution in [0.15, 0.2) is 12.3 Å². The standard InChI is InChI=1S/C11H10N4O2/c1-7-2-3-13-11(8(7)4-12)15-5-9(16)14-10(17)6-15/h2-3H,5-6H2,1H3,(H,14,16,17). The molecule has 6 heteroatoms. The summed E-state index contributed by atoms with van der Waals surface area (Å²) in [4.78, 5) is 28.1. The Balaban J connectivity index is 2.40. The predicted molar refractivity (Wildman–Crippen MR) is 59.1 cm³/mol. The number of rotatable bonds is 1. The number of carbonyl (C=O) groups excluding carboxylic acids is 2. The van der Waals surface area contributed by atoms with E-state index in [1.165, 1.54) is 4.90 Å². The van der Waals surface area contributed by atoms with Gasteiger partial charge in [0, 0.05) is 6.20 Å². The van der Waals surface area contributed by atoms with Gasteiger partial charge in [-0.25, -0.2) is 4.98 Å². The van der Waals surface area contributed by atoms with E-state index in [1.807, 2.05) is 6.07 Å². The van der Waals surface area contributed by atoms with Gasteiger partial charge >= 0.3 is 0 Å². The number of nitrogens with one attached hydrogen (secondary N) is 1. The van der Waals surface area contributed by atoms with Gasteiger partial charge in [0.1, 0.15) is 11.9 Å². The van der Waals surface area contributed by atoms with Crippen molar-refractivity contribution in [3.05, 3.63) is 23.4 Å². The maximum atomic E-state index is 11.3. The summed E-state index contributed by atoms with van der Waals surface area (Å²) in [6, 6.07) is 3.76. The number of carbonyl (C=O) groups is 2. The molecule has 0 radical (unpaired) electrons. The molecule has 86 valence electrons. The highest BCUT2D eigenvalue weighted by atomic mass is 16.2. The molecule has 1 aromatic heterocycles. The van der Waals surface area contributed by atoms with Crippen LogP contribution in [0.4, 0.5) is 5.82 Å². The fourth-order valence-corrected chi connectivity index (χ4v) is 1.71. The summed E-state index contributed by atoms with van der Waals surface area (Å²) in [5.74, 6) is -0.377. The van der Waals surface area contributed by atoms with E-state index in [2.05, 4.69) is 10.3 Å². The van der Waals surface area contributed by atoms with Gasteiger partial charge in [0.05, 0.1) is 18.7 Å². The van der Waals surface area contributed by atoms with Crippen molar-refractivity contribution in [1.82, 2.24) is 10.3 Å². The molecule has 1 aromatic rings. The minimum atomic E-state index is -0.381. The van der Waals surface area contributed by atoms with E-state index in [0.29, 0.717) is 11.4 Å². The molecule has 6 nitrogen and oxygen atoms in total. The summed E-state index contributed by atoms with van der Waals surface area (Å²) in [5.41, 5.74) is 1.17. The normalized spacial score (nSPS) is 15.4. The Morgan fingerprint density at radius 2 is 2.06 bits per heavy atom. The first-order valence-electron chi connectivity index (χ1n) is 5.05. The van der Waals surface area contributed by atoms with E-state index in [9.17, 15) is 9.59 Å². The molecule has 1 fully saturated rings. The second kappa shape index (κ2) is 4.22. The zero-order valence-electron chi connectivity index (χ0n) is 9.23. The average Bonchev–Trinajstić information content (AvgIpc) is 2.27. The van der Waals surface area contributed by atoms with Gasteiger partial charge in [0.15, 0.2) is 0 Å². The van der Waals surface area contributed by atoms with Crippen LogP contribution in [0.3, 0.4) is 0 Å². The highest BCUT2D eigenvalue weighted by molar-refractivity contribution is 6.02. The number of imide groups is 1. The fraction of sp³-hybridized carbons (Fsp3) is 0.273. The largest absolute Gasteiger partial charge is 0.337 e. The number of amides is 2. The summed E-state index contributed by atoms with van der Waals surface area (Å²) in [6.45, 7) is 1.86. The van der Waals surface area contributed by atoms with Crippen LogP contribution < -0.4 is 10.2 Å². The van der Waals surface area contributed by atoms with Crippen molar-refractivity contribution >= 4 is 17.6 Å². The Hall–Kier alpha value is -2.42. The number of hydrogen-bond donors (Lipinski definition) is 1. The van der Waals surface area contributed by atoms with Gasteiger partial charge in [-0.3, -0.25) is 14.9 Å². The van der Waals surface area contributed by atoms with Crippen molar-refractivity contribution in [1.29, 1.82) is 5.26 Å². The van der Waals surface area contributed by atoms with Crippen LogP contribution in [0.2, 0.25) is 0 Å². The van der Waals surface area contributed by atoms with Crippen LogP contribution in [0.25, 0.3) is 0 Å². The zero-order chi connectivity index (χ0) is 12.4. The Kier molecular flexibility index (Phi) is 2.75. The van der Waals surface area contributed by atoms with Crippen LogP contribution in [0, 0.1) is 18.3 Å². The second-order valence-electron chi connectivity index (χ2n) is 3.77. The lowest BCUT2D eigenvalue weighted by Crippen LogP contribution is -2.52. The molecule has 0 aliphatic carbocycles. The molecule has 1 aliphatic heterocycles. The lowest BCUT2D eigenvalue weighted by molar-refractivity contribution is -0.130. The van der Waals surface area contributed by atoms with Crippen molar-refractivity contribution in [2.75, 3.05) is 18.0 Å². The highest BCUT2D eigenvalue weighted by Crippen LogP contribution is 2.20. The van der Waals surface area contributed by atoms with Crippen molar-refractivity contribution in [2.45, 2.75) is 6.92 Å². The molecule has 0 saturated carbocycles. The lowest BCUT2D eigenvalue weighted by Gasteiger charge is -2.27. The number of anilines is 1. The third kappa shape index (κ3) is 2.08. The van der Waals surface area contributed by atoms with E-state index in [1.54, 1.807) is 19.2 Å². The van der Waals surface area contributed by atoms with E-state index in [0.717, 1.165) is 5.56 Å². The van der Waals surface area contributed by atoms with Crippen molar-refractivity contribution in [3.63, 3.8) is 0 Å². The number of pyridine rings is 1. The van der Waals surface area contributed by atoms with Gasteiger partial charge in [-0.15, -0.1) is 0 Å². The molecular formula is C11H10N4O2. The number of aryl methyl sites for hydroxylation is 1. The highest BCUT2D eigenvalue weighted by Gasteiger charge is 2.25. The van der Waals surface area contributed by atoms with Crippen molar-refractivity contribution < 1.29 is 9.59 Å². The topological polar surface area (TPSA) is 86.1 Å². The molecule has 2 rings (SSSR count). The van der Waals surface area contributed by atoms with Gasteiger partial charge in [-0.1, -0.05) is 0 Å². The maximum Gasteiger partial charge on any atom is 0.246 e. The number of piperazine rings is 1. The molecule has 0 bridgehead atoms. The number of nitrogens with zero attached hydrogens (tertiary/aromatic N) is 3. The summed E-state index contributed by atoms with van der Waals surface area (Å²) in [5, 5.41) is 11.3. The van der Waals surface area contributed by atoms with Gasteiger partial charge < -0.3 is 4.90 Å². The van der Waals surface area contributed by atoms with Gasteiger partial charge in [0.2, 0.25) is 11.8 Å². The summed E-state index contributed by atoms with van der Waals surface area (Å²) < 4.78 is 0. The molecule has 2 heterocycles. The van der Waals surface area contributed by atoms with Crippen LogP contribution in [0.1, 0.15) is 11.1 Å². The summed E-state index contributed by atoms with van der Waals surface area (Å²) in [6.07, 6.45) is 1.56. The first-order chi connectivity index (χ1) is 8.11. The minimum absolute atomic E-state index is 0.0386. The van der Waals surface area contributed by atoms with Gasteiger partial charge in [0.25, 0.3) is 0 Å². The number of nitriles is 1. The summed E-state index contributed by atoms with van der Waals surface area (Å²) in [7, 11) is 0. The minimum Gasteiger partial charge on any atom is -0.337 e. The Bertz CT molecular complexity index is 517. The van der Waals surface area contributed by atoms with Crippen LogP contribution in [-0.2, 0) is 9.59 Å². The van der Waals surface area contributed by atoms with Crippen LogP contribution in [-0.4, -0.2) is 29.9 Å². The molecule has 17 heavy (non-hydrogen) atoms. The Labute approximate surface area is 97.9 Å². The van der Waals surface area contributed by atoms with Gasteiger partial charge in [-0.2, -0.15) is 5.26 Å². The monoisotopic (exact) mass is 230 g/mol. The molecule has 0 atom stereocenters. The van der Waals surface area contributed by atoms with Crippen molar-refractivity contribution in [3.8, 4) is 6.07 Å². The molecule has 0 spiro atoms. The quantitative estimate of drug-likeness (QED) is 0.671. The third-order valence-corrected chi connectivity index (χ3v) is 2.50. The Morgan fingerprint density at radius 1 is 1.41 bits per heavy atom. The molecule has 1 N–H and O–H groups in total. The first-order valence-corrected chi connectivity index (χ1v) is 5.05. The molecular weight excluding hydrogens is 220 g/mol. The third-order valence-electron chi connectivity index (χ3n) is 2.50. The molecule has 1 aliphatic rings. The second-order valence-corrected chi connectivity index (χ2v) is 3.77. The van der Waals surface area contributed by atoms with E-state index in [-0.39, 0.29) is 24.9 Å². The number of aromatic nitrogens is 1. The first kappa shape index (κ1) is 11.1. The van der Waals surface area contributed by atoms with Crippen molar-refractivity contribution in [2.24, 2.45) is 0 Å². The van der Waals surface area contributed by atoms with Crippen LogP contribution >= 0.6 is 0 Å². The molecule has 1 saturated heterocycles. The Morgan fingerprint density at radius 3 is 2.65 bits per heavy atom. The zero-order valence-corrected chi connectivity index (χ0v) is 9.23. The maximum absolute atomic E-state index is 11.3. The molecule has 0 unspecified atom stereocenters. The van der Waals surface area contributed by atoms with E-state index in [4.69, 9.17) is 5.26 Å².